The summed E-state index contributed by atoms with van der Waals surface area (Å²) >= 11 is 6.15. The van der Waals surface area contributed by atoms with Crippen LogP contribution in [0.2, 0.25) is 5.02 Å². The molecule has 1 aliphatic heterocycles. The van der Waals surface area contributed by atoms with E-state index < -0.39 is 6.09 Å². The summed E-state index contributed by atoms with van der Waals surface area (Å²) in [6.45, 7) is 9.13. The number of piperidine rings is 1. The van der Waals surface area contributed by atoms with Crippen molar-refractivity contribution in [2.45, 2.75) is 46.6 Å². The van der Waals surface area contributed by atoms with Crippen molar-refractivity contribution in [2.75, 3.05) is 13.1 Å². The van der Waals surface area contributed by atoms with Crippen molar-refractivity contribution in [1.29, 1.82) is 0 Å². The number of hydrogen-bond donors (Lipinski definition) is 2. The van der Waals surface area contributed by atoms with Gasteiger partial charge in [-0.1, -0.05) is 38.4 Å². The molecule has 0 spiro atoms. The van der Waals surface area contributed by atoms with E-state index in [1.54, 1.807) is 12.1 Å². The van der Waals surface area contributed by atoms with E-state index in [2.05, 4.69) is 26.1 Å². The number of aryl methyl sites for hydroxylation is 1. The molecule has 5 nitrogen and oxygen atoms in total. The maximum atomic E-state index is 12.4. The summed E-state index contributed by atoms with van der Waals surface area (Å²) in [6.07, 6.45) is 0.632. The molecule has 2 N–H and O–H groups in total. The van der Waals surface area contributed by atoms with Crippen LogP contribution in [-0.2, 0) is 0 Å². The molecule has 1 fully saturated rings. The maximum absolute atomic E-state index is 12.4. The predicted octanol–water partition coefficient (Wildman–Crippen LogP) is 4.18. The molecule has 1 aliphatic rings. The molecule has 25 heavy (non-hydrogen) atoms. The largest absolute Gasteiger partial charge is 0.465 e. The Labute approximate surface area is 154 Å². The van der Waals surface area contributed by atoms with E-state index in [0.29, 0.717) is 23.7 Å². The lowest BCUT2D eigenvalue weighted by Gasteiger charge is -2.44. The normalized spacial score (nSPS) is 21.1. The van der Waals surface area contributed by atoms with E-state index in [1.807, 2.05) is 13.0 Å². The molecule has 0 aromatic heterocycles. The third-order valence-electron chi connectivity index (χ3n) is 4.88. The van der Waals surface area contributed by atoms with Gasteiger partial charge in [-0.05, 0) is 48.8 Å². The highest BCUT2D eigenvalue weighted by atomic mass is 35.5. The summed E-state index contributed by atoms with van der Waals surface area (Å²) in [4.78, 5) is 25.4. The first-order valence-electron chi connectivity index (χ1n) is 8.63. The molecular formula is C19H27ClN2O3. The number of carbonyl (C=O) groups excluding carboxylic acids is 1. The van der Waals surface area contributed by atoms with Gasteiger partial charge >= 0.3 is 6.09 Å². The number of benzene rings is 1. The molecule has 2 amide bonds. The van der Waals surface area contributed by atoms with Crippen LogP contribution in [0.1, 0.15) is 49.5 Å². The van der Waals surface area contributed by atoms with Gasteiger partial charge in [-0.15, -0.1) is 0 Å². The fourth-order valence-corrected chi connectivity index (χ4v) is 3.73. The van der Waals surface area contributed by atoms with Gasteiger partial charge in [-0.2, -0.15) is 0 Å². The summed E-state index contributed by atoms with van der Waals surface area (Å²) in [7, 11) is 0. The lowest BCUT2D eigenvalue weighted by atomic mass is 9.77. The van der Waals surface area contributed by atoms with Crippen LogP contribution in [0.3, 0.4) is 0 Å². The summed E-state index contributed by atoms with van der Waals surface area (Å²) < 4.78 is 0. The van der Waals surface area contributed by atoms with Gasteiger partial charge in [0.1, 0.15) is 0 Å². The van der Waals surface area contributed by atoms with Crippen molar-refractivity contribution < 1.29 is 14.7 Å². The van der Waals surface area contributed by atoms with Crippen LogP contribution < -0.4 is 5.32 Å². The Kier molecular flexibility index (Phi) is 5.99. The first kappa shape index (κ1) is 19.6. The molecule has 1 heterocycles. The van der Waals surface area contributed by atoms with Crippen molar-refractivity contribution in [2.24, 2.45) is 11.3 Å². The highest BCUT2D eigenvalue weighted by Gasteiger charge is 2.38. The number of nitrogens with one attached hydrogen (secondary N) is 1. The Morgan fingerprint density at radius 2 is 2.04 bits per heavy atom. The Morgan fingerprint density at radius 3 is 2.60 bits per heavy atom. The van der Waals surface area contributed by atoms with Crippen LogP contribution in [-0.4, -0.2) is 41.1 Å². The average molecular weight is 367 g/mol. The van der Waals surface area contributed by atoms with Crippen molar-refractivity contribution >= 4 is 23.6 Å². The number of carbonyl (C=O) groups is 2. The standard InChI is InChI=1S/C19H27ClN2O3/c1-12-5-6-14(15(20)9-12)17(23)21-11-13-7-8-22(18(24)25)16(10-13)19(2,3)4/h5-6,9,13,16H,7-8,10-11H2,1-4H3,(H,21,23)(H,24,25). The van der Waals surface area contributed by atoms with E-state index >= 15 is 0 Å². The number of likely N-dealkylation sites (tertiary alicyclic amines) is 1. The Balaban J connectivity index is 1.99. The third kappa shape index (κ3) is 4.88. The molecule has 0 radical (unpaired) electrons. The van der Waals surface area contributed by atoms with Crippen LogP contribution in [0.4, 0.5) is 4.79 Å². The van der Waals surface area contributed by atoms with E-state index in [-0.39, 0.29) is 23.3 Å². The molecular weight excluding hydrogens is 340 g/mol. The van der Waals surface area contributed by atoms with E-state index in [0.717, 1.165) is 18.4 Å². The van der Waals surface area contributed by atoms with E-state index in [4.69, 9.17) is 11.6 Å². The average Bonchev–Trinajstić information content (AvgIpc) is 2.51. The molecule has 2 rings (SSSR count). The highest BCUT2D eigenvalue weighted by molar-refractivity contribution is 6.33. The third-order valence-corrected chi connectivity index (χ3v) is 5.19. The molecule has 1 saturated heterocycles. The summed E-state index contributed by atoms with van der Waals surface area (Å²) in [6, 6.07) is 5.32. The number of carboxylic acid groups (broad SMARTS) is 1. The Bertz CT molecular complexity index is 655. The predicted molar refractivity (Wildman–Crippen MR) is 99.2 cm³/mol. The fourth-order valence-electron chi connectivity index (χ4n) is 3.41. The molecule has 138 valence electrons. The first-order valence-corrected chi connectivity index (χ1v) is 9.01. The zero-order valence-electron chi connectivity index (χ0n) is 15.3. The lowest BCUT2D eigenvalue weighted by molar-refractivity contribution is 0.0402. The molecule has 1 aromatic carbocycles. The number of halogens is 1. The molecule has 6 heteroatoms. The lowest BCUT2D eigenvalue weighted by Crippen LogP contribution is -2.52. The minimum atomic E-state index is -0.867. The van der Waals surface area contributed by atoms with Crippen LogP contribution in [0, 0.1) is 18.3 Å². The second-order valence-electron chi connectivity index (χ2n) is 7.94. The summed E-state index contributed by atoms with van der Waals surface area (Å²) in [5.41, 5.74) is 1.35. The highest BCUT2D eigenvalue weighted by Crippen LogP contribution is 2.34. The van der Waals surface area contributed by atoms with Crippen LogP contribution >= 0.6 is 11.6 Å². The fraction of sp³-hybridized carbons (Fsp3) is 0.579. The molecule has 0 saturated carbocycles. The number of amides is 2. The molecule has 0 bridgehead atoms. The minimum Gasteiger partial charge on any atom is -0.465 e. The van der Waals surface area contributed by atoms with Crippen LogP contribution in [0.25, 0.3) is 0 Å². The van der Waals surface area contributed by atoms with Crippen molar-refractivity contribution in [3.05, 3.63) is 34.3 Å². The van der Waals surface area contributed by atoms with Crippen LogP contribution in [0.15, 0.2) is 18.2 Å². The van der Waals surface area contributed by atoms with E-state index in [9.17, 15) is 14.7 Å². The number of rotatable bonds is 3. The number of hydrogen-bond acceptors (Lipinski definition) is 2. The van der Waals surface area contributed by atoms with Gasteiger partial charge in [0.2, 0.25) is 0 Å². The van der Waals surface area contributed by atoms with Gasteiger partial charge in [0.05, 0.1) is 10.6 Å². The SMILES string of the molecule is Cc1ccc(C(=O)NCC2CCN(C(=O)O)C(C(C)(C)C)C2)c(Cl)c1. The van der Waals surface area contributed by atoms with Crippen molar-refractivity contribution in [3.8, 4) is 0 Å². The smallest absolute Gasteiger partial charge is 0.407 e. The molecule has 2 atom stereocenters. The molecule has 0 aliphatic carbocycles. The monoisotopic (exact) mass is 366 g/mol. The number of nitrogens with zero attached hydrogens (tertiary/aromatic N) is 1. The van der Waals surface area contributed by atoms with Crippen LogP contribution in [0.5, 0.6) is 0 Å². The first-order chi connectivity index (χ1) is 11.6. The van der Waals surface area contributed by atoms with Gasteiger partial charge in [0.25, 0.3) is 5.91 Å². The van der Waals surface area contributed by atoms with Gasteiger partial charge in [0, 0.05) is 19.1 Å². The van der Waals surface area contributed by atoms with Gasteiger partial charge in [-0.3, -0.25) is 4.79 Å². The van der Waals surface area contributed by atoms with Crippen molar-refractivity contribution in [1.82, 2.24) is 10.2 Å². The van der Waals surface area contributed by atoms with Gasteiger partial charge in [0.15, 0.2) is 0 Å². The molecule has 2 unspecified atom stereocenters. The van der Waals surface area contributed by atoms with Gasteiger partial charge < -0.3 is 15.3 Å². The topological polar surface area (TPSA) is 69.6 Å². The zero-order valence-corrected chi connectivity index (χ0v) is 16.1. The summed E-state index contributed by atoms with van der Waals surface area (Å²) in [5, 5.41) is 12.8. The van der Waals surface area contributed by atoms with Gasteiger partial charge in [-0.25, -0.2) is 4.79 Å². The second kappa shape index (κ2) is 7.65. The maximum Gasteiger partial charge on any atom is 0.407 e. The minimum absolute atomic E-state index is 0.0522. The Hall–Kier alpha value is -1.75. The molecule has 1 aromatic rings. The van der Waals surface area contributed by atoms with E-state index in [1.165, 1.54) is 4.90 Å². The zero-order chi connectivity index (χ0) is 18.8. The second-order valence-corrected chi connectivity index (χ2v) is 8.35. The van der Waals surface area contributed by atoms with Crippen molar-refractivity contribution in [3.63, 3.8) is 0 Å². The Morgan fingerprint density at radius 1 is 1.36 bits per heavy atom. The quantitative estimate of drug-likeness (QED) is 0.842. The summed E-state index contributed by atoms with van der Waals surface area (Å²) in [5.74, 6) is 0.0750.